The second kappa shape index (κ2) is 12.6. The molecule has 2 saturated heterocycles. The van der Waals surface area contributed by atoms with Crippen molar-refractivity contribution in [2.45, 2.75) is 90.3 Å². The first-order valence-electron chi connectivity index (χ1n) is 14.6. The number of aryl methyl sites for hydroxylation is 2. The topological polar surface area (TPSA) is 127 Å². The maximum Gasteiger partial charge on any atom is 0.222 e. The summed E-state index contributed by atoms with van der Waals surface area (Å²) in [5.41, 5.74) is 12.0. The Kier molecular flexibility index (Phi) is 8.94. The van der Waals surface area contributed by atoms with E-state index in [9.17, 15) is 5.11 Å². The summed E-state index contributed by atoms with van der Waals surface area (Å²) in [5.74, 6) is 1.44. The number of aromatic nitrogens is 5. The van der Waals surface area contributed by atoms with Gasteiger partial charge >= 0.3 is 0 Å². The highest BCUT2D eigenvalue weighted by Crippen LogP contribution is 2.32. The van der Waals surface area contributed by atoms with E-state index in [0.29, 0.717) is 30.7 Å². The molecule has 10 heteroatoms. The largest absolute Gasteiger partial charge is 0.396 e. The molecule has 212 valence electrons. The minimum absolute atomic E-state index is 0.0955. The van der Waals surface area contributed by atoms with Crippen LogP contribution in [0.1, 0.15) is 80.3 Å². The van der Waals surface area contributed by atoms with E-state index < -0.39 is 0 Å². The second-order valence-electron chi connectivity index (χ2n) is 11.2. The Hall–Kier alpha value is -2.82. The molecule has 2 aliphatic rings. The SMILES string of the molecule is CCC[C@@H](CCO)Nc1nc(N)nc2c(C)nn(Cc3ncc(C4CCN(C5CCOCC5)CC4)cc3C)c12. The number of nitrogens with one attached hydrogen (secondary N) is 1. The Balaban J connectivity index is 1.33. The zero-order valence-corrected chi connectivity index (χ0v) is 23.7. The number of aliphatic hydroxyl groups is 1. The average Bonchev–Trinajstić information content (AvgIpc) is 3.25. The fourth-order valence-corrected chi connectivity index (χ4v) is 6.25. The van der Waals surface area contributed by atoms with Crippen LogP contribution in [-0.2, 0) is 11.3 Å². The number of piperidine rings is 1. The number of rotatable bonds is 10. The van der Waals surface area contributed by atoms with Crippen molar-refractivity contribution in [3.63, 3.8) is 0 Å². The molecule has 2 aliphatic heterocycles. The van der Waals surface area contributed by atoms with E-state index in [1.807, 2.05) is 11.6 Å². The molecule has 3 aromatic rings. The lowest BCUT2D eigenvalue weighted by Crippen LogP contribution is -2.43. The number of pyridine rings is 1. The monoisotopic (exact) mass is 536 g/mol. The number of anilines is 2. The molecule has 0 unspecified atom stereocenters. The first-order valence-corrected chi connectivity index (χ1v) is 14.6. The molecule has 0 aliphatic carbocycles. The molecule has 2 fully saturated rings. The summed E-state index contributed by atoms with van der Waals surface area (Å²) < 4.78 is 7.49. The molecule has 5 heterocycles. The van der Waals surface area contributed by atoms with Crippen molar-refractivity contribution in [1.29, 1.82) is 0 Å². The third-order valence-electron chi connectivity index (χ3n) is 8.44. The van der Waals surface area contributed by atoms with Crippen molar-refractivity contribution in [1.82, 2.24) is 29.6 Å². The van der Waals surface area contributed by atoms with Gasteiger partial charge in [-0.1, -0.05) is 19.4 Å². The van der Waals surface area contributed by atoms with Crippen molar-refractivity contribution in [3.8, 4) is 0 Å². The predicted molar refractivity (Wildman–Crippen MR) is 154 cm³/mol. The summed E-state index contributed by atoms with van der Waals surface area (Å²) in [6.45, 7) is 11.0. The van der Waals surface area contributed by atoms with Gasteiger partial charge in [0.1, 0.15) is 11.0 Å². The summed E-state index contributed by atoms with van der Waals surface area (Å²) >= 11 is 0. The molecule has 0 spiro atoms. The quantitative estimate of drug-likeness (QED) is 0.355. The lowest BCUT2D eigenvalue weighted by atomic mass is 9.88. The number of likely N-dealkylation sites (tertiary alicyclic amines) is 1. The maximum absolute atomic E-state index is 9.55. The fourth-order valence-electron chi connectivity index (χ4n) is 6.25. The van der Waals surface area contributed by atoms with Crippen molar-refractivity contribution in [3.05, 3.63) is 34.8 Å². The Bertz CT molecular complexity index is 1240. The van der Waals surface area contributed by atoms with Crippen LogP contribution in [0.3, 0.4) is 0 Å². The van der Waals surface area contributed by atoms with E-state index in [2.05, 4.69) is 46.3 Å². The standard InChI is InChI=1S/C29H44N8O2/c1-4-5-23(8-13-38)32-28-27-26(33-29(30)34-28)20(3)35-37(27)18-25-19(2)16-22(17-31-25)21-6-11-36(12-7-21)24-9-14-39-15-10-24/h16-17,21,23-24,38H,4-15,18H2,1-3H3,(H3,30,32,33,34)/t23-/m0/s1. The van der Waals surface area contributed by atoms with Crippen LogP contribution in [0.2, 0.25) is 0 Å². The van der Waals surface area contributed by atoms with Gasteiger partial charge in [0.25, 0.3) is 0 Å². The Morgan fingerprint density at radius 3 is 2.59 bits per heavy atom. The van der Waals surface area contributed by atoms with Crippen molar-refractivity contribution in [2.75, 3.05) is 44.0 Å². The van der Waals surface area contributed by atoms with Crippen molar-refractivity contribution in [2.24, 2.45) is 0 Å². The number of aliphatic hydroxyl groups excluding tert-OH is 1. The number of nitrogens with zero attached hydrogens (tertiary/aromatic N) is 6. The Morgan fingerprint density at radius 2 is 1.90 bits per heavy atom. The number of hydrogen-bond donors (Lipinski definition) is 3. The van der Waals surface area contributed by atoms with Gasteiger partial charge in [0.05, 0.1) is 17.9 Å². The van der Waals surface area contributed by atoms with Crippen LogP contribution in [-0.4, -0.2) is 79.7 Å². The summed E-state index contributed by atoms with van der Waals surface area (Å²) in [7, 11) is 0. The third kappa shape index (κ3) is 6.34. The maximum atomic E-state index is 9.55. The minimum Gasteiger partial charge on any atom is -0.396 e. The van der Waals surface area contributed by atoms with Crippen molar-refractivity contribution < 1.29 is 9.84 Å². The molecule has 10 nitrogen and oxygen atoms in total. The van der Waals surface area contributed by atoms with Gasteiger partial charge in [-0.2, -0.15) is 10.1 Å². The van der Waals surface area contributed by atoms with E-state index in [4.69, 9.17) is 20.6 Å². The molecule has 0 amide bonds. The van der Waals surface area contributed by atoms with Gasteiger partial charge in [0.15, 0.2) is 5.82 Å². The van der Waals surface area contributed by atoms with Gasteiger partial charge in [0.2, 0.25) is 5.95 Å². The summed E-state index contributed by atoms with van der Waals surface area (Å²) in [4.78, 5) is 16.6. The normalized spacial score (nSPS) is 18.6. The average molecular weight is 537 g/mol. The predicted octanol–water partition coefficient (Wildman–Crippen LogP) is 3.79. The molecule has 5 rings (SSSR count). The molecular formula is C29H44N8O2. The number of nitrogen functional groups attached to an aromatic ring is 1. The number of fused-ring (bicyclic) bond motifs is 1. The van der Waals surface area contributed by atoms with Crippen LogP contribution < -0.4 is 11.1 Å². The van der Waals surface area contributed by atoms with Crippen LogP contribution in [0.15, 0.2) is 12.3 Å². The smallest absolute Gasteiger partial charge is 0.222 e. The van der Waals surface area contributed by atoms with Gasteiger partial charge in [-0.15, -0.1) is 0 Å². The Morgan fingerprint density at radius 1 is 1.13 bits per heavy atom. The van der Waals surface area contributed by atoms with Crippen LogP contribution >= 0.6 is 0 Å². The third-order valence-corrected chi connectivity index (χ3v) is 8.44. The molecule has 39 heavy (non-hydrogen) atoms. The highest BCUT2D eigenvalue weighted by Gasteiger charge is 2.27. The van der Waals surface area contributed by atoms with E-state index in [-0.39, 0.29) is 18.6 Å². The van der Waals surface area contributed by atoms with Gasteiger partial charge in [0, 0.05) is 38.1 Å². The summed E-state index contributed by atoms with van der Waals surface area (Å²) in [6.07, 6.45) is 9.33. The molecule has 0 radical (unpaired) electrons. The van der Waals surface area contributed by atoms with Crippen molar-refractivity contribution >= 4 is 22.8 Å². The molecule has 0 bridgehead atoms. The highest BCUT2D eigenvalue weighted by molar-refractivity contribution is 5.88. The van der Waals surface area contributed by atoms with Crippen LogP contribution in [0.5, 0.6) is 0 Å². The number of hydrogen-bond acceptors (Lipinski definition) is 9. The van der Waals surface area contributed by atoms with Crippen LogP contribution in [0, 0.1) is 13.8 Å². The van der Waals surface area contributed by atoms with Gasteiger partial charge in [-0.05, 0) is 82.5 Å². The van der Waals surface area contributed by atoms with E-state index >= 15 is 0 Å². The fraction of sp³-hybridized carbons (Fsp3) is 0.655. The van der Waals surface area contributed by atoms with Crippen LogP contribution in [0.25, 0.3) is 11.0 Å². The van der Waals surface area contributed by atoms with E-state index in [0.717, 1.165) is 74.4 Å². The molecule has 1 atom stereocenters. The summed E-state index contributed by atoms with van der Waals surface area (Å²) in [5, 5.41) is 17.9. The van der Waals surface area contributed by atoms with Crippen LogP contribution in [0.4, 0.5) is 11.8 Å². The summed E-state index contributed by atoms with van der Waals surface area (Å²) in [6, 6.07) is 3.11. The minimum atomic E-state index is 0.0955. The zero-order valence-electron chi connectivity index (χ0n) is 23.7. The lowest BCUT2D eigenvalue weighted by Gasteiger charge is -2.39. The van der Waals surface area contributed by atoms with Gasteiger partial charge in [-0.25, -0.2) is 4.98 Å². The second-order valence-corrected chi connectivity index (χ2v) is 11.2. The highest BCUT2D eigenvalue weighted by atomic mass is 16.5. The van der Waals surface area contributed by atoms with E-state index in [1.165, 1.54) is 24.0 Å². The molecule has 3 aromatic heterocycles. The van der Waals surface area contributed by atoms with E-state index in [1.54, 1.807) is 0 Å². The molecule has 0 saturated carbocycles. The molecular weight excluding hydrogens is 492 g/mol. The number of nitrogens with two attached hydrogens (primary N) is 1. The number of ether oxygens (including phenoxy) is 1. The first kappa shape index (κ1) is 27.7. The molecule has 4 N–H and O–H groups in total. The molecule has 0 aromatic carbocycles. The van der Waals surface area contributed by atoms with Gasteiger partial charge < -0.3 is 25.8 Å². The zero-order chi connectivity index (χ0) is 27.4. The first-order chi connectivity index (χ1) is 19.0. The van der Waals surface area contributed by atoms with Gasteiger partial charge in [-0.3, -0.25) is 9.67 Å². The lowest BCUT2D eigenvalue weighted by molar-refractivity contribution is 0.0251. The Labute approximate surface area is 231 Å².